The molecule has 1 rings (SSSR count). The number of ether oxygens (including phenoxy) is 1. The first-order valence-electron chi connectivity index (χ1n) is 4.17. The molecule has 14 heavy (non-hydrogen) atoms. The lowest BCUT2D eigenvalue weighted by molar-refractivity contribution is 0.317. The maximum atomic E-state index is 4.95. The van der Waals surface area contributed by atoms with Gasteiger partial charge in [0.15, 0.2) is 0 Å². The largest absolute Gasteiger partial charge is 0.495 e. The summed E-state index contributed by atoms with van der Waals surface area (Å²) in [5.41, 5.74) is 6.21. The molecule has 0 aromatic heterocycles. The van der Waals surface area contributed by atoms with Crippen molar-refractivity contribution < 1.29 is 4.74 Å². The van der Waals surface area contributed by atoms with E-state index in [2.05, 4.69) is 29.2 Å². The maximum absolute atomic E-state index is 4.95. The summed E-state index contributed by atoms with van der Waals surface area (Å²) in [7, 11) is 3.07. The van der Waals surface area contributed by atoms with E-state index in [0.717, 1.165) is 11.4 Å². The molecule has 0 aromatic rings. The normalized spacial score (nSPS) is 14.1. The van der Waals surface area contributed by atoms with Crippen molar-refractivity contribution in [2.45, 2.75) is 6.92 Å². The van der Waals surface area contributed by atoms with E-state index in [-0.39, 0.29) is 0 Å². The van der Waals surface area contributed by atoms with Crippen LogP contribution in [0.2, 0.25) is 0 Å². The fraction of sp³-hybridized carbons (Fsp3) is 0.300. The minimum atomic E-state index is 0.553. The standard InChI is InChI=1S/C9H12N2O.CH5N/c1-6-5-9(7(2)12-4)11-8(3)10-6;1-2/h5,10H,2-3H2,1,4H3;2H2,1H3. The summed E-state index contributed by atoms with van der Waals surface area (Å²) in [6.07, 6.45) is 1.86. The van der Waals surface area contributed by atoms with Crippen LogP contribution in [0.1, 0.15) is 6.92 Å². The first-order chi connectivity index (χ1) is 6.63. The molecule has 0 aliphatic carbocycles. The minimum absolute atomic E-state index is 0.553. The second-order valence-corrected chi connectivity index (χ2v) is 2.52. The molecule has 3 N–H and O–H groups in total. The highest BCUT2D eigenvalue weighted by atomic mass is 16.5. The molecule has 0 aromatic carbocycles. The van der Waals surface area contributed by atoms with Crippen LogP contribution in [0.5, 0.6) is 0 Å². The number of hydrogen-bond acceptors (Lipinski definition) is 4. The fourth-order valence-electron chi connectivity index (χ4n) is 0.922. The highest BCUT2D eigenvalue weighted by molar-refractivity contribution is 6.07. The molecular formula is C10H17N3O. The van der Waals surface area contributed by atoms with Crippen molar-refractivity contribution in [3.8, 4) is 0 Å². The third kappa shape index (κ3) is 3.45. The van der Waals surface area contributed by atoms with Crippen molar-refractivity contribution in [2.24, 2.45) is 10.7 Å². The monoisotopic (exact) mass is 195 g/mol. The SMILES string of the molecule is C=C1N=C(C(=C)OC)C=C(C)N1.CN. The lowest BCUT2D eigenvalue weighted by Gasteiger charge is -2.14. The summed E-state index contributed by atoms with van der Waals surface area (Å²) >= 11 is 0. The van der Waals surface area contributed by atoms with Gasteiger partial charge in [0, 0.05) is 5.70 Å². The zero-order valence-corrected chi connectivity index (χ0v) is 8.92. The van der Waals surface area contributed by atoms with Gasteiger partial charge in [-0.1, -0.05) is 13.2 Å². The number of nitrogens with zero attached hydrogens (tertiary/aromatic N) is 1. The predicted octanol–water partition coefficient (Wildman–Crippen LogP) is 1.14. The topological polar surface area (TPSA) is 59.6 Å². The molecule has 0 bridgehead atoms. The van der Waals surface area contributed by atoms with E-state index in [9.17, 15) is 0 Å². The van der Waals surface area contributed by atoms with Crippen LogP contribution in [0.25, 0.3) is 0 Å². The van der Waals surface area contributed by atoms with E-state index in [1.165, 1.54) is 7.05 Å². The quantitative estimate of drug-likeness (QED) is 0.650. The van der Waals surface area contributed by atoms with Crippen molar-refractivity contribution in [3.63, 3.8) is 0 Å². The Kier molecular flexibility index (Phi) is 5.33. The summed E-state index contributed by atoms with van der Waals surface area (Å²) in [5.74, 6) is 1.17. The number of allylic oxidation sites excluding steroid dienone is 2. The van der Waals surface area contributed by atoms with Crippen LogP contribution in [-0.4, -0.2) is 19.9 Å². The number of methoxy groups -OCH3 is 1. The van der Waals surface area contributed by atoms with E-state index in [1.54, 1.807) is 7.11 Å². The van der Waals surface area contributed by atoms with E-state index in [0.29, 0.717) is 11.6 Å². The number of rotatable bonds is 2. The smallest absolute Gasteiger partial charge is 0.137 e. The van der Waals surface area contributed by atoms with Gasteiger partial charge in [0.2, 0.25) is 0 Å². The van der Waals surface area contributed by atoms with Gasteiger partial charge in [-0.05, 0) is 20.0 Å². The first-order valence-corrected chi connectivity index (χ1v) is 4.17. The lowest BCUT2D eigenvalue weighted by atomic mass is 10.2. The number of hydrogen-bond donors (Lipinski definition) is 2. The van der Waals surface area contributed by atoms with E-state index < -0.39 is 0 Å². The highest BCUT2D eigenvalue weighted by Gasteiger charge is 2.08. The molecular weight excluding hydrogens is 178 g/mol. The van der Waals surface area contributed by atoms with Gasteiger partial charge in [-0.3, -0.25) is 0 Å². The Morgan fingerprint density at radius 2 is 2.14 bits per heavy atom. The molecule has 0 fully saturated rings. The summed E-state index contributed by atoms with van der Waals surface area (Å²) in [4.78, 5) is 4.11. The molecule has 4 heteroatoms. The lowest BCUT2D eigenvalue weighted by Crippen LogP contribution is -2.17. The molecule has 0 saturated carbocycles. The Balaban J connectivity index is 0.000000791. The first kappa shape index (κ1) is 12.4. The second kappa shape index (κ2) is 5.99. The van der Waals surface area contributed by atoms with Crippen LogP contribution in [-0.2, 0) is 4.74 Å². The molecule has 1 heterocycles. The Labute approximate surface area is 84.9 Å². The van der Waals surface area contributed by atoms with Crippen molar-refractivity contribution in [1.82, 2.24) is 5.32 Å². The van der Waals surface area contributed by atoms with Crippen LogP contribution in [0.15, 0.2) is 41.5 Å². The Hall–Kier alpha value is -1.55. The van der Waals surface area contributed by atoms with Crippen LogP contribution in [0, 0.1) is 0 Å². The highest BCUT2D eigenvalue weighted by Crippen LogP contribution is 2.09. The molecule has 0 amide bonds. The predicted molar refractivity (Wildman–Crippen MR) is 59.7 cm³/mol. The zero-order chi connectivity index (χ0) is 11.1. The van der Waals surface area contributed by atoms with Crippen molar-refractivity contribution in [3.05, 3.63) is 36.5 Å². The number of nitrogens with two attached hydrogens (primary N) is 1. The van der Waals surface area contributed by atoms with Crippen molar-refractivity contribution >= 4 is 5.71 Å². The summed E-state index contributed by atoms with van der Waals surface area (Å²) in [6.45, 7) is 9.33. The van der Waals surface area contributed by atoms with Crippen LogP contribution in [0.3, 0.4) is 0 Å². The molecule has 0 radical (unpaired) electrons. The van der Waals surface area contributed by atoms with E-state index in [1.807, 2.05) is 13.0 Å². The summed E-state index contributed by atoms with van der Waals surface area (Å²) < 4.78 is 4.95. The van der Waals surface area contributed by atoms with Crippen molar-refractivity contribution in [1.29, 1.82) is 0 Å². The number of aliphatic imine (C=N–C) groups is 1. The zero-order valence-electron chi connectivity index (χ0n) is 8.92. The van der Waals surface area contributed by atoms with Gasteiger partial charge >= 0.3 is 0 Å². The third-order valence-corrected chi connectivity index (χ3v) is 1.48. The molecule has 0 unspecified atom stereocenters. The maximum Gasteiger partial charge on any atom is 0.137 e. The van der Waals surface area contributed by atoms with Gasteiger partial charge in [-0.15, -0.1) is 0 Å². The Morgan fingerprint density at radius 1 is 1.57 bits per heavy atom. The van der Waals surface area contributed by atoms with Crippen LogP contribution < -0.4 is 11.1 Å². The molecule has 0 saturated heterocycles. The number of nitrogens with one attached hydrogen (secondary N) is 1. The Morgan fingerprint density at radius 3 is 2.57 bits per heavy atom. The van der Waals surface area contributed by atoms with Gasteiger partial charge in [0.05, 0.1) is 7.11 Å². The van der Waals surface area contributed by atoms with Crippen LogP contribution in [0.4, 0.5) is 0 Å². The molecule has 4 nitrogen and oxygen atoms in total. The van der Waals surface area contributed by atoms with Gasteiger partial charge in [-0.25, -0.2) is 4.99 Å². The van der Waals surface area contributed by atoms with Crippen molar-refractivity contribution in [2.75, 3.05) is 14.2 Å². The van der Waals surface area contributed by atoms with Gasteiger partial charge in [-0.2, -0.15) is 0 Å². The average molecular weight is 195 g/mol. The van der Waals surface area contributed by atoms with E-state index >= 15 is 0 Å². The third-order valence-electron chi connectivity index (χ3n) is 1.48. The molecule has 78 valence electrons. The summed E-state index contributed by atoms with van der Waals surface area (Å²) in [5, 5.41) is 2.97. The molecule has 1 aliphatic rings. The minimum Gasteiger partial charge on any atom is -0.495 e. The van der Waals surface area contributed by atoms with Crippen LogP contribution >= 0.6 is 0 Å². The second-order valence-electron chi connectivity index (χ2n) is 2.52. The van der Waals surface area contributed by atoms with Gasteiger partial charge < -0.3 is 15.8 Å². The average Bonchev–Trinajstić information content (AvgIpc) is 2.18. The van der Waals surface area contributed by atoms with E-state index in [4.69, 9.17) is 4.74 Å². The molecule has 0 spiro atoms. The van der Waals surface area contributed by atoms with Gasteiger partial charge in [0.25, 0.3) is 0 Å². The summed E-state index contributed by atoms with van der Waals surface area (Å²) in [6, 6.07) is 0. The molecule has 0 atom stereocenters. The van der Waals surface area contributed by atoms with Gasteiger partial charge in [0.1, 0.15) is 17.3 Å². The Bertz CT molecular complexity index is 290. The fourth-order valence-corrected chi connectivity index (χ4v) is 0.922. The molecule has 1 aliphatic heterocycles.